The summed E-state index contributed by atoms with van der Waals surface area (Å²) in [6.45, 7) is -0.405. The number of rotatable bonds is 3. The first kappa shape index (κ1) is 25.5. The fourth-order valence-corrected chi connectivity index (χ4v) is 3.97. The summed E-state index contributed by atoms with van der Waals surface area (Å²) in [7, 11) is 0. The van der Waals surface area contributed by atoms with E-state index in [2.05, 4.69) is 20.1 Å². The highest BCUT2D eigenvalue weighted by Crippen LogP contribution is 2.31. The number of hydrogen-bond donors (Lipinski definition) is 1. The minimum absolute atomic E-state index is 0.0276. The molecular formula is C23H22F6N6O. The van der Waals surface area contributed by atoms with E-state index in [1.807, 2.05) is 0 Å². The molecule has 0 radical (unpaired) electrons. The molecule has 4 heterocycles. The Bertz CT molecular complexity index is 1290. The second-order valence-corrected chi connectivity index (χ2v) is 8.36. The van der Waals surface area contributed by atoms with Crippen molar-refractivity contribution in [1.29, 1.82) is 0 Å². The van der Waals surface area contributed by atoms with Gasteiger partial charge in [0.15, 0.2) is 0 Å². The second-order valence-electron chi connectivity index (χ2n) is 8.36. The molecule has 7 nitrogen and oxygen atoms in total. The van der Waals surface area contributed by atoms with E-state index < -0.39 is 30.4 Å². The Labute approximate surface area is 201 Å². The van der Waals surface area contributed by atoms with Gasteiger partial charge in [0.05, 0.1) is 23.0 Å². The van der Waals surface area contributed by atoms with Gasteiger partial charge in [-0.05, 0) is 31.0 Å². The molecule has 0 atom stereocenters. The maximum atomic E-state index is 13.3. The van der Waals surface area contributed by atoms with Gasteiger partial charge in [-0.25, -0.2) is 0 Å². The van der Waals surface area contributed by atoms with Crippen molar-refractivity contribution < 1.29 is 31.1 Å². The van der Waals surface area contributed by atoms with Crippen molar-refractivity contribution in [2.45, 2.75) is 44.6 Å². The standard InChI is InChI=1S/C23H22F6N6O/c24-22(25,26)14-35-19-10-17(21(36)34-8-3-1-2-4-9-34)32-12-16(19)20(33-35)18-13-30-7-5-6-15(11-31-18)23(27,28)29/h5-7,10-13,31H,1-4,8-9,14H2. The van der Waals surface area contributed by atoms with Gasteiger partial charge >= 0.3 is 12.4 Å². The maximum absolute atomic E-state index is 13.3. The smallest absolute Gasteiger partial charge is 0.358 e. The zero-order valence-electron chi connectivity index (χ0n) is 18.9. The van der Waals surface area contributed by atoms with E-state index in [1.165, 1.54) is 12.3 Å². The van der Waals surface area contributed by atoms with Crippen molar-refractivity contribution in [3.05, 3.63) is 54.2 Å². The molecule has 3 aromatic rings. The summed E-state index contributed by atoms with van der Waals surface area (Å²) >= 11 is 0. The van der Waals surface area contributed by atoms with E-state index in [0.717, 1.165) is 50.2 Å². The van der Waals surface area contributed by atoms with Gasteiger partial charge in [-0.3, -0.25) is 19.4 Å². The molecule has 0 aromatic carbocycles. The highest BCUT2D eigenvalue weighted by atomic mass is 19.4. The van der Waals surface area contributed by atoms with Crippen LogP contribution >= 0.6 is 0 Å². The predicted molar refractivity (Wildman–Crippen MR) is 118 cm³/mol. The average molecular weight is 512 g/mol. The number of H-pyrrole nitrogens is 1. The number of aromatic nitrogens is 5. The van der Waals surface area contributed by atoms with E-state index in [-0.39, 0.29) is 28.0 Å². The first-order valence-corrected chi connectivity index (χ1v) is 11.2. The van der Waals surface area contributed by atoms with Gasteiger partial charge in [-0.15, -0.1) is 0 Å². The molecule has 0 saturated carbocycles. The number of amides is 1. The quantitative estimate of drug-likeness (QED) is 0.467. The molecule has 1 aliphatic rings. The lowest BCUT2D eigenvalue weighted by molar-refractivity contribution is -0.142. The van der Waals surface area contributed by atoms with Crippen molar-refractivity contribution in [3.63, 3.8) is 0 Å². The summed E-state index contributed by atoms with van der Waals surface area (Å²) in [5.74, 6) is -0.395. The Morgan fingerprint density at radius 1 is 1.03 bits per heavy atom. The van der Waals surface area contributed by atoms with Crippen LogP contribution in [0.2, 0.25) is 0 Å². The highest BCUT2D eigenvalue weighted by Gasteiger charge is 2.32. The van der Waals surface area contributed by atoms with Crippen LogP contribution in [-0.4, -0.2) is 54.8 Å². The summed E-state index contributed by atoms with van der Waals surface area (Å²) in [5, 5.41) is 4.13. The Hall–Kier alpha value is -3.64. The van der Waals surface area contributed by atoms with E-state index in [9.17, 15) is 31.1 Å². The molecule has 4 rings (SSSR count). The van der Waals surface area contributed by atoms with Crippen LogP contribution in [0, 0.1) is 0 Å². The number of halogens is 6. The Kier molecular flexibility index (Phi) is 7.18. The van der Waals surface area contributed by atoms with Crippen LogP contribution in [0.25, 0.3) is 22.3 Å². The Balaban J connectivity index is 1.84. The van der Waals surface area contributed by atoms with Crippen LogP contribution in [0.3, 0.4) is 0 Å². The third-order valence-electron chi connectivity index (χ3n) is 5.69. The molecule has 1 aliphatic heterocycles. The van der Waals surface area contributed by atoms with Gasteiger partial charge in [0, 0.05) is 37.1 Å². The fraction of sp³-hybridized carbons (Fsp3) is 0.391. The van der Waals surface area contributed by atoms with Crippen molar-refractivity contribution in [2.24, 2.45) is 0 Å². The lowest BCUT2D eigenvalue weighted by atomic mass is 10.2. The molecule has 3 aromatic heterocycles. The Morgan fingerprint density at radius 3 is 2.42 bits per heavy atom. The number of fused-ring (bicyclic) bond motifs is 1. The number of aromatic amines is 1. The number of pyridine rings is 1. The SMILES string of the molecule is O=C(c1cc2c(cn1)c(-c1cncccc(C(F)(F)F)c[nH]1)nn2CC(F)(F)F)N1CCCCCC1. The molecule has 1 amide bonds. The van der Waals surface area contributed by atoms with Crippen molar-refractivity contribution in [1.82, 2.24) is 29.6 Å². The molecule has 0 aliphatic carbocycles. The fourth-order valence-electron chi connectivity index (χ4n) is 3.97. The first-order valence-electron chi connectivity index (χ1n) is 11.2. The molecule has 0 spiro atoms. The number of nitrogens with one attached hydrogen (secondary N) is 1. The third-order valence-corrected chi connectivity index (χ3v) is 5.69. The van der Waals surface area contributed by atoms with Crippen molar-refractivity contribution >= 4 is 16.8 Å². The highest BCUT2D eigenvalue weighted by molar-refractivity contribution is 5.98. The largest absolute Gasteiger partial charge is 0.417 e. The average Bonchev–Trinajstić information content (AvgIpc) is 2.98. The van der Waals surface area contributed by atoms with Crippen LogP contribution in [0.1, 0.15) is 41.7 Å². The summed E-state index contributed by atoms with van der Waals surface area (Å²) in [6.07, 6.45) is -1.54. The normalized spacial score (nSPS) is 15.0. The van der Waals surface area contributed by atoms with Gasteiger partial charge in [0.25, 0.3) is 5.91 Å². The monoisotopic (exact) mass is 512 g/mol. The van der Waals surface area contributed by atoms with Crippen LogP contribution in [-0.2, 0) is 12.7 Å². The lowest BCUT2D eigenvalue weighted by Crippen LogP contribution is -2.32. The second kappa shape index (κ2) is 10.2. The number of carbonyl (C=O) groups excluding carboxylic acids is 1. The molecule has 0 unspecified atom stereocenters. The zero-order valence-corrected chi connectivity index (χ0v) is 18.9. The first-order chi connectivity index (χ1) is 17.0. The van der Waals surface area contributed by atoms with Crippen LogP contribution in [0.15, 0.2) is 43.0 Å². The predicted octanol–water partition coefficient (Wildman–Crippen LogP) is 5.54. The molecule has 1 saturated heterocycles. The van der Waals surface area contributed by atoms with Gasteiger partial charge in [-0.1, -0.05) is 12.8 Å². The number of carbonyl (C=O) groups is 1. The van der Waals surface area contributed by atoms with Gasteiger partial charge in [0.2, 0.25) is 0 Å². The summed E-state index contributed by atoms with van der Waals surface area (Å²) in [6, 6.07) is 3.13. The van der Waals surface area contributed by atoms with E-state index in [1.54, 1.807) is 4.90 Å². The van der Waals surface area contributed by atoms with Crippen LogP contribution in [0.4, 0.5) is 26.3 Å². The molecular weight excluding hydrogens is 490 g/mol. The molecule has 192 valence electrons. The summed E-state index contributed by atoms with van der Waals surface area (Å²) in [4.78, 5) is 25.1. The molecule has 36 heavy (non-hydrogen) atoms. The molecule has 0 bridgehead atoms. The van der Waals surface area contributed by atoms with Crippen LogP contribution in [0.5, 0.6) is 0 Å². The number of likely N-dealkylation sites (tertiary alicyclic amines) is 1. The Morgan fingerprint density at radius 2 is 1.75 bits per heavy atom. The topological polar surface area (TPSA) is 79.7 Å². The van der Waals surface area contributed by atoms with E-state index in [0.29, 0.717) is 24.0 Å². The summed E-state index contributed by atoms with van der Waals surface area (Å²) in [5.41, 5.74) is -1.25. The third kappa shape index (κ3) is 5.94. The minimum Gasteiger partial charge on any atom is -0.358 e. The lowest BCUT2D eigenvalue weighted by Gasteiger charge is -2.19. The molecule has 1 fully saturated rings. The van der Waals surface area contributed by atoms with Crippen molar-refractivity contribution in [3.8, 4) is 11.4 Å². The number of alkyl halides is 6. The van der Waals surface area contributed by atoms with Gasteiger partial charge in [-0.2, -0.15) is 31.4 Å². The van der Waals surface area contributed by atoms with Crippen molar-refractivity contribution in [2.75, 3.05) is 13.1 Å². The molecule has 1 N–H and O–H groups in total. The van der Waals surface area contributed by atoms with Gasteiger partial charge < -0.3 is 9.88 Å². The van der Waals surface area contributed by atoms with E-state index >= 15 is 0 Å². The number of nitrogens with zero attached hydrogens (tertiary/aromatic N) is 5. The maximum Gasteiger partial charge on any atom is 0.417 e. The minimum atomic E-state index is -4.67. The van der Waals surface area contributed by atoms with Crippen LogP contribution < -0.4 is 0 Å². The summed E-state index contributed by atoms with van der Waals surface area (Å²) < 4.78 is 80.4. The van der Waals surface area contributed by atoms with Gasteiger partial charge in [0.1, 0.15) is 17.9 Å². The molecule has 13 heteroatoms. The number of hydrogen-bond acceptors (Lipinski definition) is 4. The zero-order chi connectivity index (χ0) is 25.9. The van der Waals surface area contributed by atoms with E-state index in [4.69, 9.17) is 0 Å².